The molecule has 5 rings (SSSR count). The van der Waals surface area contributed by atoms with Crippen molar-refractivity contribution in [1.82, 2.24) is 9.97 Å². The molecule has 0 spiro atoms. The maximum atomic E-state index is 12.1. The highest BCUT2D eigenvalue weighted by Crippen LogP contribution is 2.35. The quantitative estimate of drug-likeness (QED) is 0.778. The van der Waals surface area contributed by atoms with Crippen LogP contribution in [0.4, 0.5) is 5.95 Å². The monoisotopic (exact) mass is 358 g/mol. The maximum Gasteiger partial charge on any atom is 0.249 e. The number of amides is 1. The summed E-state index contributed by atoms with van der Waals surface area (Å²) in [5.74, 6) is 0.411. The van der Waals surface area contributed by atoms with Gasteiger partial charge < -0.3 is 10.6 Å². The molecule has 1 aromatic heterocycles. The van der Waals surface area contributed by atoms with Gasteiger partial charge in [0, 0.05) is 35.0 Å². The first-order valence-corrected chi connectivity index (χ1v) is 9.61. The third-order valence-electron chi connectivity index (χ3n) is 5.90. The summed E-state index contributed by atoms with van der Waals surface area (Å²) in [6.07, 6.45) is 4.26. The van der Waals surface area contributed by atoms with Gasteiger partial charge in [0.25, 0.3) is 0 Å². The van der Waals surface area contributed by atoms with Crippen LogP contribution in [0, 0.1) is 0 Å². The predicted molar refractivity (Wildman–Crippen MR) is 107 cm³/mol. The fraction of sp³-hybridized carbons (Fsp3) is 0.318. The van der Waals surface area contributed by atoms with E-state index in [1.54, 1.807) is 0 Å². The van der Waals surface area contributed by atoms with Gasteiger partial charge >= 0.3 is 0 Å². The van der Waals surface area contributed by atoms with Gasteiger partial charge in [-0.25, -0.2) is 9.97 Å². The minimum Gasteiger partial charge on any atom is -0.366 e. The average Bonchev–Trinajstić information content (AvgIpc) is 3.13. The summed E-state index contributed by atoms with van der Waals surface area (Å²) < 4.78 is 0. The number of aryl methyl sites for hydroxylation is 1. The van der Waals surface area contributed by atoms with Crippen LogP contribution in [-0.2, 0) is 12.8 Å². The van der Waals surface area contributed by atoms with E-state index in [0.29, 0.717) is 11.6 Å². The third kappa shape index (κ3) is 2.57. The highest BCUT2D eigenvalue weighted by molar-refractivity contribution is 6.08. The fourth-order valence-electron chi connectivity index (χ4n) is 4.25. The molecule has 0 bridgehead atoms. The first-order valence-electron chi connectivity index (χ1n) is 9.61. The number of nitrogens with two attached hydrogens (primary N) is 1. The Balaban J connectivity index is 1.74. The topological polar surface area (TPSA) is 72.1 Å². The van der Waals surface area contributed by atoms with Crippen LogP contribution in [0.15, 0.2) is 36.4 Å². The number of anilines is 1. The first kappa shape index (κ1) is 16.2. The minimum absolute atomic E-state index is 0.407. The van der Waals surface area contributed by atoms with Gasteiger partial charge in [-0.1, -0.05) is 24.3 Å². The molecule has 1 unspecified atom stereocenters. The molecule has 0 radical (unpaired) electrons. The highest BCUT2D eigenvalue weighted by Gasteiger charge is 2.29. The van der Waals surface area contributed by atoms with E-state index in [9.17, 15) is 4.79 Å². The van der Waals surface area contributed by atoms with Crippen LogP contribution in [0.3, 0.4) is 0 Å². The van der Waals surface area contributed by atoms with E-state index in [1.807, 2.05) is 30.3 Å². The number of carbonyl (C=O) groups excluding carboxylic acids is 1. The lowest BCUT2D eigenvalue weighted by Gasteiger charge is -2.39. The summed E-state index contributed by atoms with van der Waals surface area (Å²) in [6, 6.07) is 12.4. The lowest BCUT2D eigenvalue weighted by molar-refractivity contribution is 0.100. The number of primary amides is 1. The largest absolute Gasteiger partial charge is 0.366 e. The van der Waals surface area contributed by atoms with Crippen molar-refractivity contribution in [3.8, 4) is 11.3 Å². The van der Waals surface area contributed by atoms with Crippen molar-refractivity contribution in [1.29, 1.82) is 0 Å². The van der Waals surface area contributed by atoms with E-state index in [-0.39, 0.29) is 0 Å². The summed E-state index contributed by atoms with van der Waals surface area (Å²) in [6.45, 7) is 3.21. The molecule has 2 aliphatic rings. The number of nitrogens with zero attached hydrogens (tertiary/aromatic N) is 3. The lowest BCUT2D eigenvalue weighted by Crippen LogP contribution is -2.46. The van der Waals surface area contributed by atoms with E-state index >= 15 is 0 Å². The molecule has 1 saturated heterocycles. The summed E-state index contributed by atoms with van der Waals surface area (Å²) in [4.78, 5) is 24.2. The van der Waals surface area contributed by atoms with Crippen molar-refractivity contribution in [3.63, 3.8) is 0 Å². The van der Waals surface area contributed by atoms with Crippen molar-refractivity contribution >= 4 is 22.6 Å². The fourth-order valence-corrected chi connectivity index (χ4v) is 4.25. The molecule has 5 nitrogen and oxygen atoms in total. The molecule has 1 fully saturated rings. The summed E-state index contributed by atoms with van der Waals surface area (Å²) >= 11 is 0. The second kappa shape index (κ2) is 6.05. The Labute approximate surface area is 158 Å². The second-order valence-electron chi connectivity index (χ2n) is 7.59. The zero-order chi connectivity index (χ0) is 18.5. The molecule has 27 heavy (non-hydrogen) atoms. The number of fused-ring (bicyclic) bond motifs is 2. The molecule has 1 aliphatic heterocycles. The number of hydrogen-bond acceptors (Lipinski definition) is 4. The number of rotatable bonds is 3. The Kier molecular flexibility index (Phi) is 3.64. The average molecular weight is 358 g/mol. The van der Waals surface area contributed by atoms with Crippen molar-refractivity contribution in [2.45, 2.75) is 38.6 Å². The summed E-state index contributed by atoms with van der Waals surface area (Å²) in [5, 5.41) is 1.89. The molecule has 0 saturated carbocycles. The Morgan fingerprint density at radius 2 is 2.04 bits per heavy atom. The van der Waals surface area contributed by atoms with Crippen LogP contribution in [0.5, 0.6) is 0 Å². The molecule has 3 aromatic rings. The second-order valence-corrected chi connectivity index (χ2v) is 7.59. The smallest absolute Gasteiger partial charge is 0.249 e. The molecule has 2 aromatic carbocycles. The zero-order valence-electron chi connectivity index (χ0n) is 15.4. The SMILES string of the molecule is CC1CCN1c1nc2c(c(-c3cc(C(N)=O)c4ccccc4c3)n1)CCC2. The molecule has 1 amide bonds. The lowest BCUT2D eigenvalue weighted by atomic mass is 9.96. The number of aromatic nitrogens is 2. The molecule has 5 heteroatoms. The van der Waals surface area contributed by atoms with Crippen LogP contribution >= 0.6 is 0 Å². The third-order valence-corrected chi connectivity index (χ3v) is 5.90. The Morgan fingerprint density at radius 3 is 2.78 bits per heavy atom. The number of hydrogen-bond donors (Lipinski definition) is 1. The van der Waals surface area contributed by atoms with E-state index in [2.05, 4.69) is 17.9 Å². The summed E-state index contributed by atoms with van der Waals surface area (Å²) in [7, 11) is 0. The van der Waals surface area contributed by atoms with E-state index in [4.69, 9.17) is 15.7 Å². The molecular weight excluding hydrogens is 336 g/mol. The van der Waals surface area contributed by atoms with Gasteiger partial charge in [0.15, 0.2) is 0 Å². The Bertz CT molecular complexity index is 1080. The van der Waals surface area contributed by atoms with Crippen molar-refractivity contribution in [3.05, 3.63) is 53.2 Å². The molecule has 136 valence electrons. The number of carbonyl (C=O) groups is 1. The van der Waals surface area contributed by atoms with Crippen LogP contribution in [0.1, 0.15) is 41.4 Å². The summed E-state index contributed by atoms with van der Waals surface area (Å²) in [5.41, 5.74) is 10.5. The van der Waals surface area contributed by atoms with Gasteiger partial charge in [-0.15, -0.1) is 0 Å². The molecule has 2 heterocycles. The van der Waals surface area contributed by atoms with Crippen molar-refractivity contribution < 1.29 is 4.79 Å². The Morgan fingerprint density at radius 1 is 1.19 bits per heavy atom. The van der Waals surface area contributed by atoms with Gasteiger partial charge in [0.1, 0.15) is 0 Å². The van der Waals surface area contributed by atoms with Gasteiger partial charge in [-0.3, -0.25) is 4.79 Å². The van der Waals surface area contributed by atoms with Crippen LogP contribution in [-0.4, -0.2) is 28.5 Å². The van der Waals surface area contributed by atoms with Gasteiger partial charge in [-0.05, 0) is 55.5 Å². The van der Waals surface area contributed by atoms with Crippen molar-refractivity contribution in [2.75, 3.05) is 11.4 Å². The van der Waals surface area contributed by atoms with Gasteiger partial charge in [0.05, 0.1) is 5.69 Å². The molecule has 1 atom stereocenters. The van der Waals surface area contributed by atoms with E-state index in [1.165, 1.54) is 12.0 Å². The van der Waals surface area contributed by atoms with Gasteiger partial charge in [-0.2, -0.15) is 0 Å². The molecular formula is C22H22N4O. The van der Waals surface area contributed by atoms with Crippen LogP contribution in [0.25, 0.3) is 22.0 Å². The predicted octanol–water partition coefficient (Wildman–Crippen LogP) is 3.48. The van der Waals surface area contributed by atoms with Crippen LogP contribution < -0.4 is 10.6 Å². The van der Waals surface area contributed by atoms with Crippen molar-refractivity contribution in [2.24, 2.45) is 5.73 Å². The van der Waals surface area contributed by atoms with E-state index in [0.717, 1.165) is 59.5 Å². The minimum atomic E-state index is -0.407. The van der Waals surface area contributed by atoms with E-state index < -0.39 is 5.91 Å². The van der Waals surface area contributed by atoms with Gasteiger partial charge in [0.2, 0.25) is 11.9 Å². The number of benzene rings is 2. The molecule has 1 aliphatic carbocycles. The normalized spacial score (nSPS) is 18.4. The molecule has 2 N–H and O–H groups in total. The highest BCUT2D eigenvalue weighted by atomic mass is 16.1. The Hall–Kier alpha value is -2.95. The standard InChI is InChI=1S/C22H22N4O/c1-13-9-10-26(13)22-24-19-8-4-7-17(19)20(25-22)15-11-14-5-2-3-6-16(14)18(12-15)21(23)27/h2-3,5-6,11-13H,4,7-10H2,1H3,(H2,23,27). The maximum absolute atomic E-state index is 12.1. The first-order chi connectivity index (χ1) is 13.1. The van der Waals surface area contributed by atoms with Crippen LogP contribution in [0.2, 0.25) is 0 Å². The zero-order valence-corrected chi connectivity index (χ0v) is 15.4.